The molecule has 0 spiro atoms. The molecule has 0 radical (unpaired) electrons. The summed E-state index contributed by atoms with van der Waals surface area (Å²) in [6.45, 7) is 1.93. The average Bonchev–Trinajstić information content (AvgIpc) is 1.99. The average molecular weight is 207 g/mol. The maximum Gasteiger partial charge on any atom is 0.357 e. The normalized spacial score (nSPS) is 13.8. The first-order valence-electron chi connectivity index (χ1n) is 4.14. The van der Waals surface area contributed by atoms with Crippen molar-refractivity contribution >= 4 is 14.6 Å². The van der Waals surface area contributed by atoms with Gasteiger partial charge in [0.2, 0.25) is 0 Å². The Morgan fingerprint density at radius 2 is 2.15 bits per heavy atom. The standard InChI is InChI=1S/C6H17N3O3Si/c1-2-5(9-6(8)10)13(11,12)4-3-7/h5,11-12H,2-4,7H2,1H3,(H3,8,9,10). The molecule has 0 bridgehead atoms. The summed E-state index contributed by atoms with van der Waals surface area (Å²) in [6.07, 6.45) is 0.433. The summed E-state index contributed by atoms with van der Waals surface area (Å²) in [4.78, 5) is 29.6. The van der Waals surface area contributed by atoms with Crippen LogP contribution in [0.15, 0.2) is 0 Å². The molecule has 0 aliphatic heterocycles. The first-order chi connectivity index (χ1) is 5.94. The number of hydrogen-bond donors (Lipinski definition) is 5. The molecule has 0 saturated heterocycles. The van der Waals surface area contributed by atoms with Crippen LogP contribution in [0.3, 0.4) is 0 Å². The molecule has 0 saturated carbocycles. The number of amides is 2. The van der Waals surface area contributed by atoms with Crippen molar-refractivity contribution in [3.63, 3.8) is 0 Å². The van der Waals surface area contributed by atoms with E-state index in [4.69, 9.17) is 11.5 Å². The Morgan fingerprint density at radius 3 is 2.46 bits per heavy atom. The summed E-state index contributed by atoms with van der Waals surface area (Å²) in [5, 5.41) is 2.30. The molecule has 0 fully saturated rings. The SMILES string of the molecule is CCC(NC(N)=O)[Si](O)(O)CCN. The Balaban J connectivity index is 4.27. The van der Waals surface area contributed by atoms with Crippen LogP contribution in [0.5, 0.6) is 0 Å². The Morgan fingerprint density at radius 1 is 1.62 bits per heavy atom. The summed E-state index contributed by atoms with van der Waals surface area (Å²) in [5.41, 5.74) is 9.44. The van der Waals surface area contributed by atoms with Gasteiger partial charge in [-0.05, 0) is 13.0 Å². The Bertz CT molecular complexity index is 177. The molecule has 0 aromatic carbocycles. The fraction of sp³-hybridized carbons (Fsp3) is 0.833. The summed E-state index contributed by atoms with van der Waals surface area (Å²) in [7, 11) is -3.43. The van der Waals surface area contributed by atoms with E-state index in [1.54, 1.807) is 6.92 Å². The van der Waals surface area contributed by atoms with Crippen molar-refractivity contribution in [2.24, 2.45) is 11.5 Å². The third-order valence-electron chi connectivity index (χ3n) is 1.80. The van der Waals surface area contributed by atoms with Crippen molar-refractivity contribution in [2.75, 3.05) is 6.54 Å². The number of hydrogen-bond acceptors (Lipinski definition) is 4. The van der Waals surface area contributed by atoms with Crippen LogP contribution in [0.2, 0.25) is 6.04 Å². The summed E-state index contributed by atoms with van der Waals surface area (Å²) < 4.78 is 0. The van der Waals surface area contributed by atoms with Crippen molar-refractivity contribution in [1.29, 1.82) is 0 Å². The van der Waals surface area contributed by atoms with E-state index in [9.17, 15) is 14.4 Å². The number of carbonyl (C=O) groups excluding carboxylic acids is 1. The highest BCUT2D eigenvalue weighted by Crippen LogP contribution is 2.09. The molecule has 0 aliphatic rings. The molecule has 7 heteroatoms. The van der Waals surface area contributed by atoms with Gasteiger partial charge in [0.05, 0.1) is 5.67 Å². The second-order valence-electron chi connectivity index (χ2n) is 2.89. The second kappa shape index (κ2) is 5.17. The number of urea groups is 1. The van der Waals surface area contributed by atoms with E-state index in [1.807, 2.05) is 0 Å². The zero-order valence-corrected chi connectivity index (χ0v) is 8.66. The van der Waals surface area contributed by atoms with Gasteiger partial charge in [-0.1, -0.05) is 6.92 Å². The second-order valence-corrected chi connectivity index (χ2v) is 5.84. The highest BCUT2D eigenvalue weighted by molar-refractivity contribution is 6.66. The Hall–Kier alpha value is -0.633. The molecule has 1 unspecified atom stereocenters. The van der Waals surface area contributed by atoms with Gasteiger partial charge in [0, 0.05) is 6.04 Å². The van der Waals surface area contributed by atoms with Gasteiger partial charge in [-0.25, -0.2) is 4.79 Å². The van der Waals surface area contributed by atoms with Gasteiger partial charge in [0.1, 0.15) is 0 Å². The Kier molecular flexibility index (Phi) is 4.92. The first-order valence-corrected chi connectivity index (χ1v) is 6.32. The largest absolute Gasteiger partial charge is 0.409 e. The molecule has 7 N–H and O–H groups in total. The van der Waals surface area contributed by atoms with E-state index in [1.165, 1.54) is 0 Å². The summed E-state index contributed by atoms with van der Waals surface area (Å²) >= 11 is 0. The summed E-state index contributed by atoms with van der Waals surface area (Å²) in [6, 6.07) is -0.616. The lowest BCUT2D eigenvalue weighted by molar-refractivity contribution is 0.242. The molecule has 13 heavy (non-hydrogen) atoms. The zero-order valence-electron chi connectivity index (χ0n) is 7.66. The smallest absolute Gasteiger partial charge is 0.357 e. The van der Waals surface area contributed by atoms with Gasteiger partial charge in [0.15, 0.2) is 0 Å². The number of nitrogens with one attached hydrogen (secondary N) is 1. The minimum Gasteiger partial charge on any atom is -0.409 e. The predicted octanol–water partition coefficient (Wildman–Crippen LogP) is -1.64. The van der Waals surface area contributed by atoms with Crippen molar-refractivity contribution in [1.82, 2.24) is 5.32 Å². The van der Waals surface area contributed by atoms with E-state index in [2.05, 4.69) is 5.32 Å². The van der Waals surface area contributed by atoms with Crippen molar-refractivity contribution in [3.8, 4) is 0 Å². The molecule has 1 atom stereocenters. The summed E-state index contributed by atoms with van der Waals surface area (Å²) in [5.74, 6) is 0. The van der Waals surface area contributed by atoms with Gasteiger partial charge in [-0.15, -0.1) is 0 Å². The fourth-order valence-corrected chi connectivity index (χ4v) is 2.90. The molecular weight excluding hydrogens is 190 g/mol. The van der Waals surface area contributed by atoms with Crippen LogP contribution in [0.25, 0.3) is 0 Å². The molecule has 0 aromatic rings. The van der Waals surface area contributed by atoms with Gasteiger partial charge in [0.25, 0.3) is 0 Å². The van der Waals surface area contributed by atoms with E-state index in [-0.39, 0.29) is 12.6 Å². The molecule has 0 aromatic heterocycles. The van der Waals surface area contributed by atoms with E-state index in [0.29, 0.717) is 6.42 Å². The Labute approximate surface area is 78.2 Å². The van der Waals surface area contributed by atoms with Crippen LogP contribution in [0, 0.1) is 0 Å². The fourth-order valence-electron chi connectivity index (χ4n) is 1.10. The molecule has 2 amide bonds. The monoisotopic (exact) mass is 207 g/mol. The number of carbonyl (C=O) groups is 1. The lowest BCUT2D eigenvalue weighted by Crippen LogP contribution is -2.58. The topological polar surface area (TPSA) is 122 Å². The van der Waals surface area contributed by atoms with Crippen molar-refractivity contribution in [2.45, 2.75) is 25.1 Å². The number of nitrogens with two attached hydrogens (primary N) is 2. The predicted molar refractivity (Wildman–Crippen MR) is 50.9 cm³/mol. The van der Waals surface area contributed by atoms with Crippen LogP contribution in [-0.2, 0) is 0 Å². The van der Waals surface area contributed by atoms with Crippen molar-refractivity contribution < 1.29 is 14.4 Å². The third kappa shape index (κ3) is 4.22. The van der Waals surface area contributed by atoms with Crippen molar-refractivity contribution in [3.05, 3.63) is 0 Å². The van der Waals surface area contributed by atoms with E-state index >= 15 is 0 Å². The van der Waals surface area contributed by atoms with E-state index < -0.39 is 20.3 Å². The minimum atomic E-state index is -3.43. The molecule has 6 nitrogen and oxygen atoms in total. The lowest BCUT2D eigenvalue weighted by Gasteiger charge is -2.26. The van der Waals surface area contributed by atoms with Crippen LogP contribution in [0.1, 0.15) is 13.3 Å². The molecule has 0 rings (SSSR count). The van der Waals surface area contributed by atoms with Crippen LogP contribution in [0.4, 0.5) is 4.79 Å². The quantitative estimate of drug-likeness (QED) is 0.347. The molecule has 0 heterocycles. The first kappa shape index (κ1) is 12.4. The zero-order chi connectivity index (χ0) is 10.5. The van der Waals surface area contributed by atoms with Gasteiger partial charge < -0.3 is 26.4 Å². The van der Waals surface area contributed by atoms with E-state index in [0.717, 1.165) is 0 Å². The van der Waals surface area contributed by atoms with Gasteiger partial charge >= 0.3 is 14.6 Å². The van der Waals surface area contributed by atoms with Gasteiger partial charge in [-0.2, -0.15) is 0 Å². The maximum absolute atomic E-state index is 10.5. The maximum atomic E-state index is 10.5. The van der Waals surface area contributed by atoms with Gasteiger partial charge in [-0.3, -0.25) is 0 Å². The highest BCUT2D eigenvalue weighted by Gasteiger charge is 2.38. The highest BCUT2D eigenvalue weighted by atomic mass is 28.4. The minimum absolute atomic E-state index is 0.131. The lowest BCUT2D eigenvalue weighted by atomic mass is 10.5. The van der Waals surface area contributed by atoms with Crippen LogP contribution >= 0.6 is 0 Å². The van der Waals surface area contributed by atoms with Crippen LogP contribution in [-0.4, -0.2) is 36.4 Å². The number of rotatable bonds is 5. The van der Waals surface area contributed by atoms with Crippen LogP contribution < -0.4 is 16.8 Å². The third-order valence-corrected chi connectivity index (χ3v) is 4.49. The number of primary amides is 1. The molecule has 0 aliphatic carbocycles. The molecular formula is C6H17N3O3Si. The molecule has 78 valence electrons.